The Hall–Kier alpha value is -2.40. The van der Waals surface area contributed by atoms with Crippen LogP contribution in [0, 0.1) is 0 Å². The van der Waals surface area contributed by atoms with Gasteiger partial charge in [0.1, 0.15) is 0 Å². The molecule has 0 spiro atoms. The van der Waals surface area contributed by atoms with E-state index in [9.17, 15) is 0 Å². The Bertz CT molecular complexity index is 782. The average Bonchev–Trinajstić information content (AvgIpc) is 3.24. The summed E-state index contributed by atoms with van der Waals surface area (Å²) >= 11 is 0. The van der Waals surface area contributed by atoms with Crippen molar-refractivity contribution >= 4 is 16.9 Å². The van der Waals surface area contributed by atoms with Crippen molar-refractivity contribution in [1.29, 1.82) is 0 Å². The number of H-pyrrole nitrogens is 1. The molecule has 0 aliphatic carbocycles. The molecule has 3 heterocycles. The third-order valence-corrected chi connectivity index (χ3v) is 4.69. The molecule has 118 valence electrons. The van der Waals surface area contributed by atoms with Gasteiger partial charge in [0.05, 0.1) is 0 Å². The number of fused-ring (bicyclic) bond motifs is 1. The highest BCUT2D eigenvalue weighted by atomic mass is 15.3. The third kappa shape index (κ3) is 2.92. The van der Waals surface area contributed by atoms with E-state index < -0.39 is 0 Å². The molecule has 0 bridgehead atoms. The van der Waals surface area contributed by atoms with Gasteiger partial charge in [0, 0.05) is 56.8 Å². The van der Waals surface area contributed by atoms with Crippen LogP contribution in [0.3, 0.4) is 0 Å². The highest BCUT2D eigenvalue weighted by molar-refractivity contribution is 5.79. The van der Waals surface area contributed by atoms with E-state index in [1.807, 2.05) is 12.3 Å². The molecule has 4 rings (SSSR count). The van der Waals surface area contributed by atoms with Gasteiger partial charge in [-0.25, -0.2) is 9.97 Å². The number of nitrogens with zero attached hydrogens (tertiary/aromatic N) is 4. The van der Waals surface area contributed by atoms with Crippen LogP contribution in [0.25, 0.3) is 10.9 Å². The molecule has 5 nitrogen and oxygen atoms in total. The summed E-state index contributed by atoms with van der Waals surface area (Å²) in [5.41, 5.74) is 2.57. The molecule has 1 aromatic carbocycles. The first-order chi connectivity index (χ1) is 11.3. The van der Waals surface area contributed by atoms with Gasteiger partial charge in [0.2, 0.25) is 5.95 Å². The number of nitrogens with one attached hydrogen (secondary N) is 1. The number of likely N-dealkylation sites (tertiary alicyclic amines) is 1. The molecule has 1 unspecified atom stereocenters. The molecule has 23 heavy (non-hydrogen) atoms. The lowest BCUT2D eigenvalue weighted by molar-refractivity contribution is 0.326. The Morgan fingerprint density at radius 3 is 3.00 bits per heavy atom. The van der Waals surface area contributed by atoms with Gasteiger partial charge in [-0.05, 0) is 41.6 Å². The zero-order chi connectivity index (χ0) is 15.6. The minimum absolute atomic E-state index is 0.480. The van der Waals surface area contributed by atoms with E-state index in [0.29, 0.717) is 6.04 Å². The van der Waals surface area contributed by atoms with Crippen LogP contribution in [0.15, 0.2) is 48.9 Å². The first-order valence-electron chi connectivity index (χ1n) is 8.08. The molecule has 0 saturated carbocycles. The maximum atomic E-state index is 4.35. The van der Waals surface area contributed by atoms with Gasteiger partial charge in [0.25, 0.3) is 0 Å². The van der Waals surface area contributed by atoms with Gasteiger partial charge in [0.15, 0.2) is 0 Å². The highest BCUT2D eigenvalue weighted by Crippen LogP contribution is 2.21. The summed E-state index contributed by atoms with van der Waals surface area (Å²) in [6.07, 6.45) is 6.76. The molecule has 1 N–H and O–H groups in total. The molecule has 1 atom stereocenters. The monoisotopic (exact) mass is 307 g/mol. The Morgan fingerprint density at radius 2 is 2.13 bits per heavy atom. The van der Waals surface area contributed by atoms with Crippen LogP contribution in [0.5, 0.6) is 0 Å². The average molecular weight is 307 g/mol. The predicted octanol–water partition coefficient (Wildman–Crippen LogP) is 2.67. The molecule has 1 aliphatic heterocycles. The lowest BCUT2D eigenvalue weighted by Gasteiger charge is -2.24. The zero-order valence-electron chi connectivity index (χ0n) is 13.3. The van der Waals surface area contributed by atoms with Crippen LogP contribution in [-0.2, 0) is 6.54 Å². The van der Waals surface area contributed by atoms with E-state index in [1.165, 1.54) is 16.5 Å². The largest absolute Gasteiger partial charge is 0.361 e. The van der Waals surface area contributed by atoms with Gasteiger partial charge in [-0.2, -0.15) is 0 Å². The Balaban J connectivity index is 1.42. The van der Waals surface area contributed by atoms with Crippen molar-refractivity contribution in [2.24, 2.45) is 0 Å². The number of hydrogen-bond donors (Lipinski definition) is 1. The van der Waals surface area contributed by atoms with E-state index in [0.717, 1.165) is 32.0 Å². The lowest BCUT2D eigenvalue weighted by atomic mass is 10.1. The minimum Gasteiger partial charge on any atom is -0.361 e. The first-order valence-corrected chi connectivity index (χ1v) is 8.08. The zero-order valence-corrected chi connectivity index (χ0v) is 13.3. The van der Waals surface area contributed by atoms with Crippen LogP contribution in [0.4, 0.5) is 5.95 Å². The van der Waals surface area contributed by atoms with Crippen molar-refractivity contribution in [3.8, 4) is 0 Å². The van der Waals surface area contributed by atoms with E-state index in [1.54, 1.807) is 12.4 Å². The minimum atomic E-state index is 0.480. The molecule has 2 aromatic heterocycles. The van der Waals surface area contributed by atoms with Gasteiger partial charge in [-0.3, -0.25) is 4.90 Å². The van der Waals surface area contributed by atoms with Gasteiger partial charge >= 0.3 is 0 Å². The summed E-state index contributed by atoms with van der Waals surface area (Å²) in [6.45, 7) is 3.17. The predicted molar refractivity (Wildman–Crippen MR) is 92.4 cm³/mol. The summed E-state index contributed by atoms with van der Waals surface area (Å²) in [7, 11) is 2.09. The first kappa shape index (κ1) is 14.2. The van der Waals surface area contributed by atoms with Crippen molar-refractivity contribution in [3.63, 3.8) is 0 Å². The van der Waals surface area contributed by atoms with Crippen molar-refractivity contribution in [3.05, 3.63) is 54.5 Å². The summed E-state index contributed by atoms with van der Waals surface area (Å²) in [4.78, 5) is 16.7. The summed E-state index contributed by atoms with van der Waals surface area (Å²) in [5.74, 6) is 0.813. The van der Waals surface area contributed by atoms with Crippen molar-refractivity contribution < 1.29 is 0 Å². The number of benzene rings is 1. The quantitative estimate of drug-likeness (QED) is 0.805. The fourth-order valence-electron chi connectivity index (χ4n) is 3.37. The Labute approximate surface area is 136 Å². The molecule has 1 aliphatic rings. The molecule has 0 amide bonds. The maximum Gasteiger partial charge on any atom is 0.225 e. The van der Waals surface area contributed by atoms with Crippen LogP contribution < -0.4 is 4.90 Å². The van der Waals surface area contributed by atoms with E-state index in [-0.39, 0.29) is 0 Å². The lowest BCUT2D eigenvalue weighted by Crippen LogP contribution is -2.35. The number of aromatic nitrogens is 3. The van der Waals surface area contributed by atoms with Crippen molar-refractivity contribution in [2.45, 2.75) is 19.0 Å². The van der Waals surface area contributed by atoms with Gasteiger partial charge in [-0.15, -0.1) is 0 Å². The number of anilines is 1. The normalized spacial score (nSPS) is 18.6. The maximum absolute atomic E-state index is 4.35. The number of rotatable bonds is 4. The van der Waals surface area contributed by atoms with Gasteiger partial charge in [-0.1, -0.05) is 6.07 Å². The number of hydrogen-bond acceptors (Lipinski definition) is 4. The second kappa shape index (κ2) is 6.01. The van der Waals surface area contributed by atoms with Crippen LogP contribution in [0.1, 0.15) is 12.0 Å². The standard InChI is InChI=1S/C18H21N5/c1-22(18-20-7-2-8-21-18)16-6-10-23(13-16)12-14-3-4-17-15(11-14)5-9-19-17/h2-5,7-9,11,16,19H,6,10,12-13H2,1H3. The van der Waals surface area contributed by atoms with Gasteiger partial charge < -0.3 is 9.88 Å². The van der Waals surface area contributed by atoms with Crippen LogP contribution in [-0.4, -0.2) is 46.0 Å². The SMILES string of the molecule is CN(c1ncccn1)C1CCN(Cc2ccc3[nH]ccc3c2)C1. The number of likely N-dealkylation sites (N-methyl/N-ethyl adjacent to an activating group) is 1. The molecule has 5 heteroatoms. The van der Waals surface area contributed by atoms with Crippen LogP contribution in [0.2, 0.25) is 0 Å². The molecular weight excluding hydrogens is 286 g/mol. The molecular formula is C18H21N5. The molecule has 0 radical (unpaired) electrons. The van der Waals surface area contributed by atoms with Crippen molar-refractivity contribution in [2.75, 3.05) is 25.0 Å². The summed E-state index contributed by atoms with van der Waals surface area (Å²) < 4.78 is 0. The smallest absolute Gasteiger partial charge is 0.225 e. The number of aromatic amines is 1. The molecule has 1 saturated heterocycles. The Kier molecular flexibility index (Phi) is 3.71. The summed E-state index contributed by atoms with van der Waals surface area (Å²) in [6, 6.07) is 11.1. The molecule has 1 fully saturated rings. The van der Waals surface area contributed by atoms with E-state index in [4.69, 9.17) is 0 Å². The third-order valence-electron chi connectivity index (χ3n) is 4.69. The topological polar surface area (TPSA) is 48.1 Å². The second-order valence-corrected chi connectivity index (χ2v) is 6.24. The van der Waals surface area contributed by atoms with E-state index >= 15 is 0 Å². The fraction of sp³-hybridized carbons (Fsp3) is 0.333. The Morgan fingerprint density at radius 1 is 1.26 bits per heavy atom. The molecule has 3 aromatic rings. The highest BCUT2D eigenvalue weighted by Gasteiger charge is 2.26. The van der Waals surface area contributed by atoms with E-state index in [2.05, 4.69) is 56.1 Å². The van der Waals surface area contributed by atoms with Crippen molar-refractivity contribution in [1.82, 2.24) is 19.9 Å². The summed E-state index contributed by atoms with van der Waals surface area (Å²) in [5, 5.41) is 1.29. The fourth-order valence-corrected chi connectivity index (χ4v) is 3.37. The van der Waals surface area contributed by atoms with Crippen LogP contribution >= 0.6 is 0 Å². The second-order valence-electron chi connectivity index (χ2n) is 6.24.